The second-order valence-corrected chi connectivity index (χ2v) is 4.97. The van der Waals surface area contributed by atoms with Gasteiger partial charge in [-0.1, -0.05) is 27.4 Å². The minimum Gasteiger partial charge on any atom is -0.459 e. The first-order chi connectivity index (χ1) is 7.04. The van der Waals surface area contributed by atoms with E-state index in [4.69, 9.17) is 4.74 Å². The Bertz CT molecular complexity index is 233. The lowest BCUT2D eigenvalue weighted by atomic mass is 9.76. The van der Waals surface area contributed by atoms with E-state index in [2.05, 4.69) is 27.4 Å². The fraction of sp³-hybridized carbons (Fsp3) is 0.769. The molecule has 1 aliphatic rings. The number of hydrogen-bond donors (Lipinski definition) is 0. The maximum Gasteiger partial charge on any atom is 0.330 e. The van der Waals surface area contributed by atoms with Gasteiger partial charge in [-0.05, 0) is 37.0 Å². The fourth-order valence-corrected chi connectivity index (χ4v) is 2.28. The standard InChI is InChI=1S/C13H22O2/c1-5-13(14)15-12-8-11(9(2)3)7-6-10(12)4/h5,9-12H,1,6-8H2,2-4H3/t10?,11-,12?/m0/s1. The van der Waals surface area contributed by atoms with Crippen LogP contribution in [-0.4, -0.2) is 12.1 Å². The number of carbonyl (C=O) groups is 1. The first-order valence-electron chi connectivity index (χ1n) is 5.87. The van der Waals surface area contributed by atoms with Crippen molar-refractivity contribution in [2.24, 2.45) is 17.8 Å². The maximum absolute atomic E-state index is 11.2. The number of hydrogen-bond acceptors (Lipinski definition) is 2. The molecule has 15 heavy (non-hydrogen) atoms. The highest BCUT2D eigenvalue weighted by Gasteiger charge is 2.31. The van der Waals surface area contributed by atoms with Crippen molar-refractivity contribution in [1.29, 1.82) is 0 Å². The zero-order chi connectivity index (χ0) is 11.4. The van der Waals surface area contributed by atoms with Gasteiger partial charge in [0.25, 0.3) is 0 Å². The number of rotatable bonds is 3. The van der Waals surface area contributed by atoms with Gasteiger partial charge in [0.2, 0.25) is 0 Å². The quantitative estimate of drug-likeness (QED) is 0.528. The summed E-state index contributed by atoms with van der Waals surface area (Å²) in [5.74, 6) is 1.59. The molecule has 0 aromatic rings. The second kappa shape index (κ2) is 5.34. The van der Waals surface area contributed by atoms with Gasteiger partial charge in [0.05, 0.1) is 0 Å². The van der Waals surface area contributed by atoms with Crippen molar-refractivity contribution in [2.75, 3.05) is 0 Å². The monoisotopic (exact) mass is 210 g/mol. The highest BCUT2D eigenvalue weighted by atomic mass is 16.5. The van der Waals surface area contributed by atoms with E-state index in [1.165, 1.54) is 12.5 Å². The molecule has 2 nitrogen and oxygen atoms in total. The first kappa shape index (κ1) is 12.3. The number of esters is 1. The van der Waals surface area contributed by atoms with Gasteiger partial charge in [0.1, 0.15) is 6.10 Å². The molecule has 0 saturated heterocycles. The number of ether oxygens (including phenoxy) is 1. The summed E-state index contributed by atoms with van der Waals surface area (Å²) in [6.07, 6.45) is 4.79. The van der Waals surface area contributed by atoms with Crippen LogP contribution in [0.1, 0.15) is 40.0 Å². The van der Waals surface area contributed by atoms with Crippen LogP contribution in [0.5, 0.6) is 0 Å². The number of carbonyl (C=O) groups excluding carboxylic acids is 1. The van der Waals surface area contributed by atoms with E-state index in [1.807, 2.05) is 0 Å². The predicted molar refractivity (Wildman–Crippen MR) is 61.4 cm³/mol. The molecule has 2 heteroatoms. The molecule has 2 unspecified atom stereocenters. The minimum absolute atomic E-state index is 0.0941. The van der Waals surface area contributed by atoms with E-state index in [0.717, 1.165) is 12.8 Å². The van der Waals surface area contributed by atoms with E-state index in [0.29, 0.717) is 17.8 Å². The molecule has 0 spiro atoms. The van der Waals surface area contributed by atoms with Crippen molar-refractivity contribution in [3.05, 3.63) is 12.7 Å². The molecule has 0 bridgehead atoms. The highest BCUT2D eigenvalue weighted by Crippen LogP contribution is 2.34. The van der Waals surface area contributed by atoms with Gasteiger partial charge in [-0.25, -0.2) is 4.79 Å². The lowest BCUT2D eigenvalue weighted by Crippen LogP contribution is -2.33. The molecule has 0 N–H and O–H groups in total. The average molecular weight is 210 g/mol. The Kier molecular flexibility index (Phi) is 4.37. The van der Waals surface area contributed by atoms with Crippen LogP contribution in [0.4, 0.5) is 0 Å². The van der Waals surface area contributed by atoms with E-state index in [9.17, 15) is 4.79 Å². The van der Waals surface area contributed by atoms with Crippen molar-refractivity contribution >= 4 is 5.97 Å². The van der Waals surface area contributed by atoms with Crippen molar-refractivity contribution in [3.63, 3.8) is 0 Å². The minimum atomic E-state index is -0.281. The zero-order valence-electron chi connectivity index (χ0n) is 10.0. The Hall–Kier alpha value is -0.790. The zero-order valence-corrected chi connectivity index (χ0v) is 10.0. The SMILES string of the molecule is C=CC(=O)OC1C[C@@H](C(C)C)CCC1C. The van der Waals surface area contributed by atoms with Crippen LogP contribution in [0.15, 0.2) is 12.7 Å². The van der Waals surface area contributed by atoms with Crippen LogP contribution in [-0.2, 0) is 9.53 Å². The van der Waals surface area contributed by atoms with Crippen LogP contribution in [0.25, 0.3) is 0 Å². The summed E-state index contributed by atoms with van der Waals surface area (Å²) in [6, 6.07) is 0. The Morgan fingerprint density at radius 3 is 2.67 bits per heavy atom. The van der Waals surface area contributed by atoms with E-state index in [-0.39, 0.29) is 12.1 Å². The largest absolute Gasteiger partial charge is 0.459 e. The van der Waals surface area contributed by atoms with Gasteiger partial charge in [0.15, 0.2) is 0 Å². The van der Waals surface area contributed by atoms with Gasteiger partial charge < -0.3 is 4.74 Å². The van der Waals surface area contributed by atoms with Crippen molar-refractivity contribution < 1.29 is 9.53 Å². The molecule has 0 aromatic heterocycles. The van der Waals surface area contributed by atoms with Crippen LogP contribution < -0.4 is 0 Å². The maximum atomic E-state index is 11.2. The molecule has 0 heterocycles. The molecule has 0 amide bonds. The molecule has 86 valence electrons. The summed E-state index contributed by atoms with van der Waals surface area (Å²) in [6.45, 7) is 10.1. The Labute approximate surface area is 92.7 Å². The third kappa shape index (κ3) is 3.37. The Balaban J connectivity index is 2.53. The summed E-state index contributed by atoms with van der Waals surface area (Å²) in [5.41, 5.74) is 0. The molecular formula is C13H22O2. The van der Waals surface area contributed by atoms with Crippen molar-refractivity contribution in [2.45, 2.75) is 46.1 Å². The molecule has 1 fully saturated rings. The third-order valence-corrected chi connectivity index (χ3v) is 3.54. The molecule has 0 aromatic carbocycles. The second-order valence-electron chi connectivity index (χ2n) is 4.97. The van der Waals surface area contributed by atoms with Gasteiger partial charge in [0, 0.05) is 6.08 Å². The molecule has 1 rings (SSSR count). The van der Waals surface area contributed by atoms with E-state index in [1.54, 1.807) is 0 Å². The topological polar surface area (TPSA) is 26.3 Å². The Morgan fingerprint density at radius 2 is 2.13 bits per heavy atom. The molecule has 0 radical (unpaired) electrons. The third-order valence-electron chi connectivity index (χ3n) is 3.54. The van der Waals surface area contributed by atoms with Crippen molar-refractivity contribution in [3.8, 4) is 0 Å². The summed E-state index contributed by atoms with van der Waals surface area (Å²) in [7, 11) is 0. The van der Waals surface area contributed by atoms with E-state index < -0.39 is 0 Å². The summed E-state index contributed by atoms with van der Waals surface area (Å²) >= 11 is 0. The van der Waals surface area contributed by atoms with Gasteiger partial charge in [-0.15, -0.1) is 0 Å². The van der Waals surface area contributed by atoms with Crippen LogP contribution in [0.3, 0.4) is 0 Å². The van der Waals surface area contributed by atoms with E-state index >= 15 is 0 Å². The van der Waals surface area contributed by atoms with Gasteiger partial charge in [-0.3, -0.25) is 0 Å². The molecule has 0 aliphatic heterocycles. The molecule has 1 saturated carbocycles. The lowest BCUT2D eigenvalue weighted by molar-refractivity contribution is -0.148. The fourth-order valence-electron chi connectivity index (χ4n) is 2.28. The summed E-state index contributed by atoms with van der Waals surface area (Å²) < 4.78 is 5.38. The van der Waals surface area contributed by atoms with Crippen LogP contribution >= 0.6 is 0 Å². The van der Waals surface area contributed by atoms with Crippen LogP contribution in [0, 0.1) is 17.8 Å². The van der Waals surface area contributed by atoms with Crippen molar-refractivity contribution in [1.82, 2.24) is 0 Å². The van der Waals surface area contributed by atoms with Gasteiger partial charge >= 0.3 is 5.97 Å². The summed E-state index contributed by atoms with van der Waals surface area (Å²) in [5, 5.41) is 0. The lowest BCUT2D eigenvalue weighted by Gasteiger charge is -2.35. The highest BCUT2D eigenvalue weighted by molar-refractivity contribution is 5.81. The smallest absolute Gasteiger partial charge is 0.330 e. The van der Waals surface area contributed by atoms with Gasteiger partial charge in [-0.2, -0.15) is 0 Å². The summed E-state index contributed by atoms with van der Waals surface area (Å²) in [4.78, 5) is 11.2. The average Bonchev–Trinajstić information content (AvgIpc) is 2.20. The molecule has 3 atom stereocenters. The normalized spacial score (nSPS) is 31.3. The first-order valence-corrected chi connectivity index (χ1v) is 5.87. The molecular weight excluding hydrogens is 188 g/mol. The predicted octanol–water partition coefficient (Wildman–Crippen LogP) is 3.18. The Morgan fingerprint density at radius 1 is 1.47 bits per heavy atom. The van der Waals surface area contributed by atoms with Crippen LogP contribution in [0.2, 0.25) is 0 Å². The molecule has 1 aliphatic carbocycles.